The van der Waals surface area contributed by atoms with Gasteiger partial charge in [-0.3, -0.25) is 0 Å². The van der Waals surface area contributed by atoms with Gasteiger partial charge in [-0.1, -0.05) is 28.9 Å². The average molecular weight is 311 g/mol. The van der Waals surface area contributed by atoms with Crippen LogP contribution in [0.1, 0.15) is 51.1 Å². The van der Waals surface area contributed by atoms with Gasteiger partial charge in [0, 0.05) is 28.8 Å². The molecule has 1 heterocycles. The van der Waals surface area contributed by atoms with Crippen molar-refractivity contribution in [2.24, 2.45) is 5.73 Å². The summed E-state index contributed by atoms with van der Waals surface area (Å²) < 4.78 is 1.14. The van der Waals surface area contributed by atoms with Crippen LogP contribution in [0.3, 0.4) is 0 Å². The van der Waals surface area contributed by atoms with Crippen molar-refractivity contribution in [3.8, 4) is 0 Å². The maximum atomic E-state index is 6.12. The van der Waals surface area contributed by atoms with Crippen molar-refractivity contribution in [1.82, 2.24) is 0 Å². The fourth-order valence-electron chi connectivity index (χ4n) is 2.89. The molecule has 3 heteroatoms. The molecule has 0 radical (unpaired) electrons. The summed E-state index contributed by atoms with van der Waals surface area (Å²) in [5, 5.41) is 0. The summed E-state index contributed by atoms with van der Waals surface area (Å²) >= 11 is 3.59. The van der Waals surface area contributed by atoms with Crippen molar-refractivity contribution in [3.05, 3.63) is 28.2 Å². The number of benzene rings is 1. The number of nitrogens with two attached hydrogens (primary N) is 1. The summed E-state index contributed by atoms with van der Waals surface area (Å²) in [5.74, 6) is 0. The molecule has 0 amide bonds. The summed E-state index contributed by atoms with van der Waals surface area (Å²) in [5.41, 5.74) is 8.70. The minimum atomic E-state index is 0.0903. The lowest BCUT2D eigenvalue weighted by molar-refractivity contribution is 0.448. The van der Waals surface area contributed by atoms with E-state index in [2.05, 4.69) is 52.9 Å². The third-order valence-corrected chi connectivity index (χ3v) is 4.38. The topological polar surface area (TPSA) is 29.3 Å². The molecule has 0 aliphatic carbocycles. The molecule has 0 aromatic heterocycles. The van der Waals surface area contributed by atoms with Crippen LogP contribution in [0.25, 0.3) is 0 Å². The smallest absolute Gasteiger partial charge is 0.0428 e. The van der Waals surface area contributed by atoms with Crippen LogP contribution in [0.2, 0.25) is 0 Å². The van der Waals surface area contributed by atoms with Gasteiger partial charge in [-0.15, -0.1) is 0 Å². The molecule has 1 aliphatic rings. The molecule has 2 atom stereocenters. The van der Waals surface area contributed by atoms with Crippen LogP contribution in [-0.4, -0.2) is 12.6 Å². The molecule has 1 fully saturated rings. The van der Waals surface area contributed by atoms with Gasteiger partial charge in [-0.05, 0) is 50.3 Å². The number of anilines is 1. The molecule has 100 valence electrons. The van der Waals surface area contributed by atoms with Crippen molar-refractivity contribution >= 4 is 21.6 Å². The SMILES string of the molecule is CCC1CCCCN1c1cc(Br)ccc1C(C)N. The number of nitrogens with zero attached hydrogens (tertiary/aromatic N) is 1. The van der Waals surface area contributed by atoms with Crippen LogP contribution in [0.4, 0.5) is 5.69 Å². The Morgan fingerprint density at radius 2 is 2.22 bits per heavy atom. The van der Waals surface area contributed by atoms with Gasteiger partial charge in [0.05, 0.1) is 0 Å². The number of piperidine rings is 1. The average Bonchev–Trinajstić information content (AvgIpc) is 2.38. The summed E-state index contributed by atoms with van der Waals surface area (Å²) in [7, 11) is 0. The van der Waals surface area contributed by atoms with Gasteiger partial charge in [0.2, 0.25) is 0 Å². The van der Waals surface area contributed by atoms with Crippen LogP contribution in [0.5, 0.6) is 0 Å². The molecule has 1 aromatic carbocycles. The molecule has 0 spiro atoms. The van der Waals surface area contributed by atoms with E-state index in [4.69, 9.17) is 5.73 Å². The van der Waals surface area contributed by atoms with Crippen LogP contribution in [0.15, 0.2) is 22.7 Å². The lowest BCUT2D eigenvalue weighted by Gasteiger charge is -2.39. The zero-order valence-corrected chi connectivity index (χ0v) is 12.9. The Morgan fingerprint density at radius 1 is 1.44 bits per heavy atom. The maximum Gasteiger partial charge on any atom is 0.0428 e. The minimum Gasteiger partial charge on any atom is -0.368 e. The van der Waals surface area contributed by atoms with Crippen LogP contribution in [-0.2, 0) is 0 Å². The predicted molar refractivity (Wildman–Crippen MR) is 82.0 cm³/mol. The highest BCUT2D eigenvalue weighted by atomic mass is 79.9. The summed E-state index contributed by atoms with van der Waals surface area (Å²) in [6, 6.07) is 7.24. The number of hydrogen-bond donors (Lipinski definition) is 1. The Labute approximate surface area is 119 Å². The second-order valence-electron chi connectivity index (χ2n) is 5.24. The van der Waals surface area contributed by atoms with Crippen molar-refractivity contribution in [3.63, 3.8) is 0 Å². The van der Waals surface area contributed by atoms with Gasteiger partial charge >= 0.3 is 0 Å². The molecule has 18 heavy (non-hydrogen) atoms. The molecule has 2 rings (SSSR count). The fourth-order valence-corrected chi connectivity index (χ4v) is 3.24. The van der Waals surface area contributed by atoms with Crippen LogP contribution in [0, 0.1) is 0 Å². The highest BCUT2D eigenvalue weighted by molar-refractivity contribution is 9.10. The second kappa shape index (κ2) is 6.07. The number of rotatable bonds is 3. The number of hydrogen-bond acceptors (Lipinski definition) is 2. The van der Waals surface area contributed by atoms with Crippen molar-refractivity contribution in [2.45, 2.75) is 51.6 Å². The van der Waals surface area contributed by atoms with Crippen molar-refractivity contribution in [1.29, 1.82) is 0 Å². The molecular formula is C15H23BrN2. The van der Waals surface area contributed by atoms with E-state index in [0.717, 1.165) is 11.0 Å². The molecule has 2 N–H and O–H groups in total. The van der Waals surface area contributed by atoms with Crippen LogP contribution >= 0.6 is 15.9 Å². The Morgan fingerprint density at radius 3 is 2.89 bits per heavy atom. The largest absolute Gasteiger partial charge is 0.368 e. The summed E-state index contributed by atoms with van der Waals surface area (Å²) in [6.07, 6.45) is 5.17. The first-order chi connectivity index (χ1) is 8.63. The van der Waals surface area contributed by atoms with Crippen molar-refractivity contribution < 1.29 is 0 Å². The van der Waals surface area contributed by atoms with Gasteiger partial charge in [0.25, 0.3) is 0 Å². The second-order valence-corrected chi connectivity index (χ2v) is 6.16. The van der Waals surface area contributed by atoms with Gasteiger partial charge < -0.3 is 10.6 Å². The maximum absolute atomic E-state index is 6.12. The Hall–Kier alpha value is -0.540. The summed E-state index contributed by atoms with van der Waals surface area (Å²) in [4.78, 5) is 2.56. The monoisotopic (exact) mass is 310 g/mol. The molecule has 1 aromatic rings. The van der Waals surface area contributed by atoms with E-state index < -0.39 is 0 Å². The Balaban J connectivity index is 2.37. The third-order valence-electron chi connectivity index (χ3n) is 3.89. The molecule has 2 unspecified atom stereocenters. The molecule has 2 nitrogen and oxygen atoms in total. The Kier molecular flexibility index (Phi) is 4.68. The zero-order chi connectivity index (χ0) is 13.1. The normalized spacial score (nSPS) is 22.0. The van der Waals surface area contributed by atoms with E-state index in [0.29, 0.717) is 6.04 Å². The van der Waals surface area contributed by atoms with E-state index in [9.17, 15) is 0 Å². The quantitative estimate of drug-likeness (QED) is 0.905. The molecular weight excluding hydrogens is 288 g/mol. The Bertz CT molecular complexity index is 403. The third kappa shape index (κ3) is 2.89. The van der Waals surface area contributed by atoms with E-state index >= 15 is 0 Å². The van der Waals surface area contributed by atoms with Gasteiger partial charge in [0.15, 0.2) is 0 Å². The fraction of sp³-hybridized carbons (Fsp3) is 0.600. The lowest BCUT2D eigenvalue weighted by Crippen LogP contribution is -2.40. The van der Waals surface area contributed by atoms with Gasteiger partial charge in [0.1, 0.15) is 0 Å². The van der Waals surface area contributed by atoms with Gasteiger partial charge in [-0.2, -0.15) is 0 Å². The first-order valence-corrected chi connectivity index (χ1v) is 7.74. The van der Waals surface area contributed by atoms with E-state index in [1.54, 1.807) is 0 Å². The highest BCUT2D eigenvalue weighted by Gasteiger charge is 2.23. The minimum absolute atomic E-state index is 0.0903. The van der Waals surface area contributed by atoms with Crippen LogP contribution < -0.4 is 10.6 Å². The number of halogens is 1. The lowest BCUT2D eigenvalue weighted by atomic mass is 9.96. The predicted octanol–water partition coefficient (Wildman–Crippen LogP) is 4.24. The zero-order valence-electron chi connectivity index (χ0n) is 11.3. The summed E-state index contributed by atoms with van der Waals surface area (Å²) in [6.45, 7) is 5.51. The molecule has 1 aliphatic heterocycles. The standard InChI is InChI=1S/C15H23BrN2/c1-3-13-6-4-5-9-18(13)15-10-12(16)7-8-14(15)11(2)17/h7-8,10-11,13H,3-6,9,17H2,1-2H3. The first-order valence-electron chi connectivity index (χ1n) is 6.95. The van der Waals surface area contributed by atoms with Crippen molar-refractivity contribution in [2.75, 3.05) is 11.4 Å². The van der Waals surface area contributed by atoms with E-state index in [-0.39, 0.29) is 6.04 Å². The molecule has 0 bridgehead atoms. The highest BCUT2D eigenvalue weighted by Crippen LogP contribution is 2.33. The molecule has 0 saturated carbocycles. The van der Waals surface area contributed by atoms with E-state index in [1.807, 2.05) is 0 Å². The first kappa shape index (κ1) is 13.9. The van der Waals surface area contributed by atoms with E-state index in [1.165, 1.54) is 36.9 Å². The van der Waals surface area contributed by atoms with Gasteiger partial charge in [-0.25, -0.2) is 0 Å². The molecule has 1 saturated heterocycles.